The Kier molecular flexibility index (Phi) is 2.85. The SMILES string of the molecule is [H-].[H-].[Mg+2].c1ccc2ncccc2c1. The van der Waals surface area contributed by atoms with Crippen LogP contribution in [-0.2, 0) is 0 Å². The number of fused-ring (bicyclic) bond motifs is 1. The van der Waals surface area contributed by atoms with Crippen LogP contribution in [0.4, 0.5) is 0 Å². The summed E-state index contributed by atoms with van der Waals surface area (Å²) >= 11 is 0. The maximum absolute atomic E-state index is 4.18. The summed E-state index contributed by atoms with van der Waals surface area (Å²) in [6.45, 7) is 0. The molecule has 11 heavy (non-hydrogen) atoms. The molecule has 2 heteroatoms. The molecule has 0 aliphatic carbocycles. The van der Waals surface area contributed by atoms with E-state index in [1.165, 1.54) is 5.39 Å². The van der Waals surface area contributed by atoms with Crippen molar-refractivity contribution in [2.45, 2.75) is 0 Å². The van der Waals surface area contributed by atoms with Gasteiger partial charge in [-0.25, -0.2) is 0 Å². The van der Waals surface area contributed by atoms with Crippen LogP contribution in [0.3, 0.4) is 0 Å². The van der Waals surface area contributed by atoms with E-state index < -0.39 is 0 Å². The van der Waals surface area contributed by atoms with Crippen LogP contribution >= 0.6 is 0 Å². The molecule has 0 aliphatic rings. The van der Waals surface area contributed by atoms with Gasteiger partial charge in [0.25, 0.3) is 0 Å². The molecule has 0 unspecified atom stereocenters. The molecule has 0 saturated heterocycles. The van der Waals surface area contributed by atoms with Crippen molar-refractivity contribution < 1.29 is 2.85 Å². The maximum atomic E-state index is 4.18. The number of nitrogens with zero attached hydrogens (tertiary/aromatic N) is 1. The normalized spacial score (nSPS) is 9.09. The van der Waals surface area contributed by atoms with E-state index in [0.717, 1.165) is 5.52 Å². The molecular formula is C9H9MgN. The third kappa shape index (κ3) is 1.70. The largest absolute Gasteiger partial charge is 2.00 e. The molecule has 1 aromatic carbocycles. The van der Waals surface area contributed by atoms with E-state index in [1.54, 1.807) is 0 Å². The summed E-state index contributed by atoms with van der Waals surface area (Å²) in [4.78, 5) is 4.18. The molecule has 0 atom stereocenters. The number of rotatable bonds is 0. The Morgan fingerprint density at radius 2 is 1.73 bits per heavy atom. The van der Waals surface area contributed by atoms with Crippen LogP contribution in [0, 0.1) is 0 Å². The van der Waals surface area contributed by atoms with Crippen molar-refractivity contribution in [2.75, 3.05) is 0 Å². The first-order chi connectivity index (χ1) is 4.97. The van der Waals surface area contributed by atoms with Crippen LogP contribution in [0.5, 0.6) is 0 Å². The first-order valence-corrected chi connectivity index (χ1v) is 3.26. The second-order valence-corrected chi connectivity index (χ2v) is 2.20. The summed E-state index contributed by atoms with van der Waals surface area (Å²) in [6, 6.07) is 12.1. The van der Waals surface area contributed by atoms with E-state index in [2.05, 4.69) is 17.1 Å². The summed E-state index contributed by atoms with van der Waals surface area (Å²) in [5.41, 5.74) is 1.06. The number of para-hydroxylation sites is 1. The Hall–Kier alpha value is -0.604. The molecule has 52 valence electrons. The summed E-state index contributed by atoms with van der Waals surface area (Å²) in [7, 11) is 0. The molecule has 1 heterocycles. The summed E-state index contributed by atoms with van der Waals surface area (Å²) in [6.07, 6.45) is 1.81. The van der Waals surface area contributed by atoms with Crippen molar-refractivity contribution in [1.82, 2.24) is 4.98 Å². The summed E-state index contributed by atoms with van der Waals surface area (Å²) in [5, 5.41) is 1.20. The standard InChI is InChI=1S/C9H7N.Mg.2H/c1-2-6-9-8(4-1)5-3-7-10-9;;;/h1-7H;;;/q;+2;2*-1. The van der Waals surface area contributed by atoms with Crippen LogP contribution in [0.15, 0.2) is 42.6 Å². The maximum Gasteiger partial charge on any atom is 2.00 e. The Balaban J connectivity index is 0. The van der Waals surface area contributed by atoms with Gasteiger partial charge in [-0.1, -0.05) is 24.3 Å². The molecule has 2 rings (SSSR count). The van der Waals surface area contributed by atoms with Gasteiger partial charge in [-0.05, 0) is 12.1 Å². The molecule has 1 nitrogen and oxygen atoms in total. The van der Waals surface area contributed by atoms with E-state index in [4.69, 9.17) is 0 Å². The molecule has 0 N–H and O–H groups in total. The van der Waals surface area contributed by atoms with Gasteiger partial charge in [-0.15, -0.1) is 0 Å². The van der Waals surface area contributed by atoms with Crippen molar-refractivity contribution in [2.24, 2.45) is 0 Å². The fourth-order valence-corrected chi connectivity index (χ4v) is 1.02. The van der Waals surface area contributed by atoms with Gasteiger partial charge < -0.3 is 2.85 Å². The third-order valence-electron chi connectivity index (χ3n) is 1.51. The van der Waals surface area contributed by atoms with Crippen LogP contribution in [0.2, 0.25) is 0 Å². The van der Waals surface area contributed by atoms with Gasteiger partial charge in [-0.3, -0.25) is 4.98 Å². The minimum Gasteiger partial charge on any atom is -1.00 e. The molecule has 1 aromatic heterocycles. The molecule has 0 radical (unpaired) electrons. The number of hydrogen-bond donors (Lipinski definition) is 0. The van der Waals surface area contributed by atoms with Crippen LogP contribution < -0.4 is 0 Å². The zero-order valence-electron chi connectivity index (χ0n) is 8.20. The van der Waals surface area contributed by atoms with E-state index >= 15 is 0 Å². The Morgan fingerprint density at radius 3 is 2.55 bits per heavy atom. The minimum atomic E-state index is 0. The fourth-order valence-electron chi connectivity index (χ4n) is 1.02. The Bertz CT molecular complexity index is 289. The van der Waals surface area contributed by atoms with Crippen LogP contribution in [0.1, 0.15) is 2.85 Å². The second-order valence-electron chi connectivity index (χ2n) is 2.20. The number of hydrogen-bond acceptors (Lipinski definition) is 1. The van der Waals surface area contributed by atoms with Gasteiger partial charge >= 0.3 is 23.1 Å². The Morgan fingerprint density at radius 1 is 1.00 bits per heavy atom. The van der Waals surface area contributed by atoms with Crippen LogP contribution in [0.25, 0.3) is 10.9 Å². The van der Waals surface area contributed by atoms with Crippen molar-refractivity contribution in [3.63, 3.8) is 0 Å². The predicted octanol–water partition coefficient (Wildman–Crippen LogP) is 2.08. The monoisotopic (exact) mass is 155 g/mol. The third-order valence-corrected chi connectivity index (χ3v) is 1.51. The van der Waals surface area contributed by atoms with Gasteiger partial charge in [0.15, 0.2) is 0 Å². The molecule has 0 fully saturated rings. The zero-order valence-corrected chi connectivity index (χ0v) is 7.61. The first-order valence-electron chi connectivity index (χ1n) is 3.26. The zero-order chi connectivity index (χ0) is 6.81. The molecule has 0 aliphatic heterocycles. The van der Waals surface area contributed by atoms with Gasteiger partial charge in [-0.2, -0.15) is 0 Å². The van der Waals surface area contributed by atoms with Crippen molar-refractivity contribution in [1.29, 1.82) is 0 Å². The van der Waals surface area contributed by atoms with Gasteiger partial charge in [0.05, 0.1) is 5.52 Å². The van der Waals surface area contributed by atoms with Crippen molar-refractivity contribution >= 4 is 34.0 Å². The quantitative estimate of drug-likeness (QED) is 0.531. The predicted molar refractivity (Wildman–Crippen MR) is 49.7 cm³/mol. The van der Waals surface area contributed by atoms with E-state index in [1.807, 2.05) is 30.5 Å². The molecular weight excluding hydrogens is 146 g/mol. The molecule has 0 bridgehead atoms. The molecule has 0 spiro atoms. The topological polar surface area (TPSA) is 12.9 Å². The molecule has 0 amide bonds. The summed E-state index contributed by atoms with van der Waals surface area (Å²) < 4.78 is 0. The first kappa shape index (κ1) is 8.49. The van der Waals surface area contributed by atoms with E-state index in [0.29, 0.717) is 0 Å². The smallest absolute Gasteiger partial charge is 1.00 e. The Labute approximate surface area is 84.6 Å². The summed E-state index contributed by atoms with van der Waals surface area (Å²) in [5.74, 6) is 0. The van der Waals surface area contributed by atoms with Gasteiger partial charge in [0, 0.05) is 11.6 Å². The fraction of sp³-hybridized carbons (Fsp3) is 0. The molecule has 0 saturated carbocycles. The van der Waals surface area contributed by atoms with Crippen LogP contribution in [-0.4, -0.2) is 28.0 Å². The number of aromatic nitrogens is 1. The minimum absolute atomic E-state index is 0. The van der Waals surface area contributed by atoms with Gasteiger partial charge in [0.1, 0.15) is 0 Å². The van der Waals surface area contributed by atoms with Crippen molar-refractivity contribution in [3.8, 4) is 0 Å². The van der Waals surface area contributed by atoms with Gasteiger partial charge in [0.2, 0.25) is 0 Å². The molecule has 2 aromatic rings. The number of benzene rings is 1. The second kappa shape index (κ2) is 3.69. The average molecular weight is 155 g/mol. The van der Waals surface area contributed by atoms with E-state index in [9.17, 15) is 0 Å². The number of pyridine rings is 1. The van der Waals surface area contributed by atoms with Crippen molar-refractivity contribution in [3.05, 3.63) is 42.6 Å². The average Bonchev–Trinajstić information content (AvgIpc) is 2.05. The van der Waals surface area contributed by atoms with E-state index in [-0.39, 0.29) is 25.9 Å².